The Labute approximate surface area is 123 Å². The molecule has 1 aromatic heterocycles. The highest BCUT2D eigenvalue weighted by Gasteiger charge is 2.15. The van der Waals surface area contributed by atoms with Gasteiger partial charge in [-0.25, -0.2) is 4.79 Å². The quantitative estimate of drug-likeness (QED) is 0.853. The molecule has 0 saturated heterocycles. The number of halogens is 2. The van der Waals surface area contributed by atoms with Gasteiger partial charge in [0.2, 0.25) is 5.76 Å². The normalized spacial score (nSPS) is 12.2. The van der Waals surface area contributed by atoms with Crippen LogP contribution in [0.5, 0.6) is 0 Å². The summed E-state index contributed by atoms with van der Waals surface area (Å²) in [5, 5.41) is 12.6. The molecule has 0 radical (unpaired) electrons. The second-order valence-corrected chi connectivity index (χ2v) is 5.29. The van der Waals surface area contributed by atoms with Gasteiger partial charge in [-0.1, -0.05) is 11.6 Å². The minimum atomic E-state index is -1.08. The van der Waals surface area contributed by atoms with Gasteiger partial charge in [-0.05, 0) is 53.2 Å². The van der Waals surface area contributed by atoms with Gasteiger partial charge >= 0.3 is 5.97 Å². The van der Waals surface area contributed by atoms with Crippen molar-refractivity contribution in [1.82, 2.24) is 0 Å². The molecule has 2 rings (SSSR count). The molecule has 0 aliphatic heterocycles. The maximum absolute atomic E-state index is 10.8. The summed E-state index contributed by atoms with van der Waals surface area (Å²) in [6, 6.07) is 8.29. The van der Waals surface area contributed by atoms with E-state index in [1.807, 2.05) is 13.0 Å². The third kappa shape index (κ3) is 3.30. The summed E-state index contributed by atoms with van der Waals surface area (Å²) < 4.78 is 6.11. The summed E-state index contributed by atoms with van der Waals surface area (Å²) >= 11 is 9.34. The Morgan fingerprint density at radius 3 is 2.79 bits per heavy atom. The first-order chi connectivity index (χ1) is 8.97. The summed E-state index contributed by atoms with van der Waals surface area (Å²) in [4.78, 5) is 10.8. The summed E-state index contributed by atoms with van der Waals surface area (Å²) in [5.74, 6) is -0.611. The smallest absolute Gasteiger partial charge is 0.371 e. The van der Waals surface area contributed by atoms with Gasteiger partial charge in [-0.15, -0.1) is 0 Å². The van der Waals surface area contributed by atoms with Crippen LogP contribution in [0.2, 0.25) is 5.02 Å². The third-order valence-corrected chi connectivity index (χ3v) is 3.49. The van der Waals surface area contributed by atoms with Crippen molar-refractivity contribution in [3.05, 3.63) is 51.3 Å². The zero-order valence-corrected chi connectivity index (χ0v) is 12.3. The van der Waals surface area contributed by atoms with Crippen molar-refractivity contribution in [2.75, 3.05) is 5.32 Å². The number of hydrogen-bond donors (Lipinski definition) is 2. The molecule has 0 aliphatic rings. The molecule has 1 atom stereocenters. The van der Waals surface area contributed by atoms with Gasteiger partial charge in [0.05, 0.1) is 11.7 Å². The van der Waals surface area contributed by atoms with Crippen LogP contribution in [0, 0.1) is 0 Å². The number of benzene rings is 1. The molecule has 1 unspecified atom stereocenters. The maximum atomic E-state index is 10.8. The molecular formula is C13H11BrClNO3. The van der Waals surface area contributed by atoms with Crippen molar-refractivity contribution >= 4 is 39.2 Å². The molecular weight excluding hydrogens is 334 g/mol. The van der Waals surface area contributed by atoms with Crippen molar-refractivity contribution in [2.45, 2.75) is 13.0 Å². The lowest BCUT2D eigenvalue weighted by Gasteiger charge is -2.14. The summed E-state index contributed by atoms with van der Waals surface area (Å²) in [6.07, 6.45) is 0. The molecule has 0 amide bonds. The number of rotatable bonds is 4. The van der Waals surface area contributed by atoms with Crippen LogP contribution in [-0.2, 0) is 0 Å². The van der Waals surface area contributed by atoms with Gasteiger partial charge in [-0.3, -0.25) is 0 Å². The Bertz CT molecular complexity index is 612. The van der Waals surface area contributed by atoms with Crippen LogP contribution in [-0.4, -0.2) is 11.1 Å². The van der Waals surface area contributed by atoms with Crippen molar-refractivity contribution in [3.63, 3.8) is 0 Å². The van der Waals surface area contributed by atoms with Crippen molar-refractivity contribution in [2.24, 2.45) is 0 Å². The van der Waals surface area contributed by atoms with Crippen molar-refractivity contribution in [3.8, 4) is 0 Å². The number of carbonyl (C=O) groups is 1. The molecule has 4 nitrogen and oxygen atoms in total. The Morgan fingerprint density at radius 2 is 2.16 bits per heavy atom. The fourth-order valence-electron chi connectivity index (χ4n) is 1.61. The van der Waals surface area contributed by atoms with Gasteiger partial charge in [0, 0.05) is 9.50 Å². The lowest BCUT2D eigenvalue weighted by Crippen LogP contribution is -2.06. The van der Waals surface area contributed by atoms with E-state index < -0.39 is 5.97 Å². The first-order valence-corrected chi connectivity index (χ1v) is 6.69. The molecule has 1 heterocycles. The van der Waals surface area contributed by atoms with E-state index in [0.717, 1.165) is 10.2 Å². The molecule has 6 heteroatoms. The minimum absolute atomic E-state index is 0.0752. The Balaban J connectivity index is 2.17. The maximum Gasteiger partial charge on any atom is 0.371 e. The van der Waals surface area contributed by atoms with Crippen molar-refractivity contribution < 1.29 is 14.3 Å². The first kappa shape index (κ1) is 14.0. The van der Waals surface area contributed by atoms with Crippen molar-refractivity contribution in [1.29, 1.82) is 0 Å². The van der Waals surface area contributed by atoms with Crippen LogP contribution in [0.3, 0.4) is 0 Å². The highest BCUT2D eigenvalue weighted by molar-refractivity contribution is 9.10. The van der Waals surface area contributed by atoms with E-state index >= 15 is 0 Å². The molecule has 0 bridgehead atoms. The number of anilines is 1. The summed E-state index contributed by atoms with van der Waals surface area (Å²) in [5.41, 5.74) is 0.813. The fourth-order valence-corrected chi connectivity index (χ4v) is 2.15. The lowest BCUT2D eigenvalue weighted by molar-refractivity contribution is 0.0660. The van der Waals surface area contributed by atoms with E-state index in [4.69, 9.17) is 21.1 Å². The van der Waals surface area contributed by atoms with Crippen LogP contribution >= 0.6 is 27.5 Å². The molecule has 1 aromatic carbocycles. The van der Waals surface area contributed by atoms with Crippen LogP contribution in [0.15, 0.2) is 39.2 Å². The summed E-state index contributed by atoms with van der Waals surface area (Å²) in [7, 11) is 0. The van der Waals surface area contributed by atoms with Crippen LogP contribution in [0.4, 0.5) is 5.69 Å². The molecule has 0 fully saturated rings. The molecule has 0 saturated carbocycles. The Hall–Kier alpha value is -1.46. The van der Waals surface area contributed by atoms with Gasteiger partial charge in [0.25, 0.3) is 0 Å². The number of nitrogens with one attached hydrogen (secondary N) is 1. The van der Waals surface area contributed by atoms with Gasteiger partial charge in [-0.2, -0.15) is 0 Å². The molecule has 100 valence electrons. The zero-order valence-electron chi connectivity index (χ0n) is 9.98. The zero-order chi connectivity index (χ0) is 14.0. The van der Waals surface area contributed by atoms with E-state index in [0.29, 0.717) is 10.8 Å². The van der Waals surface area contributed by atoms with Gasteiger partial charge in [0.1, 0.15) is 5.76 Å². The molecule has 2 N–H and O–H groups in total. The first-order valence-electron chi connectivity index (χ1n) is 5.52. The van der Waals surface area contributed by atoms with E-state index in [9.17, 15) is 4.79 Å². The molecule has 0 aliphatic carbocycles. The predicted molar refractivity (Wildman–Crippen MR) is 76.9 cm³/mol. The number of carboxylic acid groups (broad SMARTS) is 1. The molecule has 0 spiro atoms. The van der Waals surface area contributed by atoms with E-state index in [2.05, 4.69) is 21.2 Å². The van der Waals surface area contributed by atoms with E-state index in [1.54, 1.807) is 18.2 Å². The number of furan rings is 1. The number of hydrogen-bond acceptors (Lipinski definition) is 3. The fraction of sp³-hybridized carbons (Fsp3) is 0.154. The highest BCUT2D eigenvalue weighted by atomic mass is 79.9. The topological polar surface area (TPSA) is 62.5 Å². The molecule has 2 aromatic rings. The van der Waals surface area contributed by atoms with Crippen LogP contribution in [0.25, 0.3) is 0 Å². The predicted octanol–water partition coefficient (Wildman–Crippen LogP) is 4.57. The van der Waals surface area contributed by atoms with Gasteiger partial charge < -0.3 is 14.8 Å². The van der Waals surface area contributed by atoms with Crippen LogP contribution in [0.1, 0.15) is 29.3 Å². The Kier molecular flexibility index (Phi) is 4.17. The SMILES string of the molecule is CC(Nc1cc(Cl)ccc1Br)c1ccc(C(=O)O)o1. The van der Waals surface area contributed by atoms with E-state index in [1.165, 1.54) is 6.07 Å². The standard InChI is InChI=1S/C13H11BrClNO3/c1-7(11-4-5-12(19-11)13(17)18)16-10-6-8(15)2-3-9(10)14/h2-7,16H,1H3,(H,17,18). The second-order valence-electron chi connectivity index (χ2n) is 4.00. The monoisotopic (exact) mass is 343 g/mol. The minimum Gasteiger partial charge on any atom is -0.475 e. The number of aromatic carboxylic acids is 1. The highest BCUT2D eigenvalue weighted by Crippen LogP contribution is 2.29. The third-order valence-electron chi connectivity index (χ3n) is 2.56. The van der Waals surface area contributed by atoms with E-state index in [-0.39, 0.29) is 11.8 Å². The van der Waals surface area contributed by atoms with Crippen LogP contribution < -0.4 is 5.32 Å². The van der Waals surface area contributed by atoms with Gasteiger partial charge in [0.15, 0.2) is 0 Å². The second kappa shape index (κ2) is 5.67. The summed E-state index contributed by atoms with van der Waals surface area (Å²) in [6.45, 7) is 1.87. The molecule has 19 heavy (non-hydrogen) atoms. The number of carboxylic acids is 1. The average molecular weight is 345 g/mol. The lowest BCUT2D eigenvalue weighted by atomic mass is 10.2. The largest absolute Gasteiger partial charge is 0.475 e. The Morgan fingerprint density at radius 1 is 1.42 bits per heavy atom. The average Bonchev–Trinajstić information content (AvgIpc) is 2.83.